The molecule has 0 aliphatic carbocycles. The summed E-state index contributed by atoms with van der Waals surface area (Å²) in [5.41, 5.74) is 33.3. The number of nitrogens with one attached hydrogen (secondary N) is 11. The number of hydrogen-bond acceptors (Lipinski definition) is 23. The Kier molecular flexibility index (Phi) is 33.1. The minimum Gasteiger partial charge on any atom is -0.394 e. The van der Waals surface area contributed by atoms with Gasteiger partial charge in [-0.2, -0.15) is 0 Å². The Bertz CT molecular complexity index is 3200. The molecule has 5 saturated heterocycles. The molecule has 103 heavy (non-hydrogen) atoms. The van der Waals surface area contributed by atoms with Crippen LogP contribution < -0.4 is 92.9 Å². The number of fused-ring (bicyclic) bond motifs is 8. The molecule has 0 unspecified atom stereocenters. The van der Waals surface area contributed by atoms with Crippen LogP contribution in [-0.2, 0) is 76.7 Å². The van der Waals surface area contributed by atoms with E-state index in [0.29, 0.717) is 0 Å². The molecule has 0 aromatic carbocycles. The number of aliphatic imine (C=N–C) groups is 2. The molecule has 41 nitrogen and oxygen atoms in total. The number of carbonyl (C=O) groups is 16. The van der Waals surface area contributed by atoms with Crippen LogP contribution in [0.15, 0.2) is 9.98 Å². The molecule has 574 valence electrons. The molecule has 5 fully saturated rings. The van der Waals surface area contributed by atoms with Crippen molar-refractivity contribution in [3.8, 4) is 0 Å². The molecule has 5 aliphatic rings. The molecule has 16 amide bonds. The minimum absolute atomic E-state index is 0.00952. The Labute approximate surface area is 600 Å². The third-order valence-electron chi connectivity index (χ3n) is 17.7. The third kappa shape index (κ3) is 25.0. The van der Waals surface area contributed by atoms with Gasteiger partial charge in [0.2, 0.25) is 94.5 Å². The van der Waals surface area contributed by atoms with Crippen LogP contribution in [0.2, 0.25) is 0 Å². The lowest BCUT2D eigenvalue weighted by Gasteiger charge is -2.34. The number of hydrogen-bond donors (Lipinski definition) is 20. The van der Waals surface area contributed by atoms with Gasteiger partial charge >= 0.3 is 0 Å². The topological polar surface area (TPSA) is 657 Å². The SMILES string of the molecule is CC[C@H](C)[C@@H]1NC(=O)[C@@H]2CCCN2C(=O)[C@@H]2CCCN2C(=O)[C@H](CCCN=C(N)N)NC(=O)[C@H](CO)NC(=O)[C@H](CCCN=C(N)N)NC(=O)[C@H]([C@@H](C)O)NC(=O)[C@@H]2CSSC[C@H](NC1=O)C(=O)N[C@@H](CC(N)=O)C(=O)N1CCC[C@H]1C(=O)N[C@@H](CC(N)=O)C(=O)NCC(=O)N[C@@H]([C@@H](C)O)C(=O)N2. The first-order chi connectivity index (χ1) is 48.7. The average Bonchev–Trinajstić information content (AvgIpc) is 1.69. The number of aliphatic hydroxyl groups is 3. The van der Waals surface area contributed by atoms with Gasteiger partial charge in [-0.05, 0) is 84.0 Å². The summed E-state index contributed by atoms with van der Waals surface area (Å²) in [4.78, 5) is 239. The molecule has 0 aromatic rings. The Morgan fingerprint density at radius 3 is 1.38 bits per heavy atom. The second kappa shape index (κ2) is 40.5. The highest BCUT2D eigenvalue weighted by Gasteiger charge is 2.47. The van der Waals surface area contributed by atoms with Crippen molar-refractivity contribution in [2.24, 2.45) is 50.3 Å². The van der Waals surface area contributed by atoms with E-state index in [0.717, 1.165) is 40.3 Å². The monoisotopic (exact) mass is 1490 g/mol. The van der Waals surface area contributed by atoms with Crippen LogP contribution in [0.3, 0.4) is 0 Å². The smallest absolute Gasteiger partial charge is 0.246 e. The molecule has 0 radical (unpaired) electrons. The molecule has 0 aromatic heterocycles. The van der Waals surface area contributed by atoms with Crippen molar-refractivity contribution in [1.29, 1.82) is 0 Å². The van der Waals surface area contributed by atoms with Gasteiger partial charge in [0.1, 0.15) is 78.5 Å². The molecule has 5 aliphatic heterocycles. The van der Waals surface area contributed by atoms with E-state index in [-0.39, 0.29) is 115 Å². The van der Waals surface area contributed by atoms with Crippen LogP contribution in [0.25, 0.3) is 0 Å². The van der Waals surface area contributed by atoms with Gasteiger partial charge in [0.05, 0.1) is 38.2 Å². The molecule has 0 saturated carbocycles. The molecule has 43 heteroatoms. The lowest BCUT2D eigenvalue weighted by Crippen LogP contribution is -2.63. The first-order valence-corrected chi connectivity index (χ1v) is 36.3. The van der Waals surface area contributed by atoms with Gasteiger partial charge in [-0.25, -0.2) is 0 Å². The average molecular weight is 1500 g/mol. The summed E-state index contributed by atoms with van der Waals surface area (Å²) < 4.78 is 0. The number of guanidine groups is 2. The van der Waals surface area contributed by atoms with E-state index in [1.807, 2.05) is 0 Å². The second-order valence-electron chi connectivity index (χ2n) is 25.6. The quantitative estimate of drug-likeness (QED) is 0.0278. The number of primary amides is 2. The van der Waals surface area contributed by atoms with Crippen LogP contribution in [0.5, 0.6) is 0 Å². The fraction of sp³-hybridized carbons (Fsp3) is 0.700. The van der Waals surface area contributed by atoms with E-state index in [4.69, 9.17) is 34.4 Å². The molecular weight excluding hydrogens is 1400 g/mol. The molecule has 0 spiro atoms. The largest absolute Gasteiger partial charge is 0.394 e. The first kappa shape index (κ1) is 84.3. The third-order valence-corrected chi connectivity index (χ3v) is 20.1. The molecular formula is C60H98N22O19S2. The zero-order valence-corrected chi connectivity index (χ0v) is 59.3. The summed E-state index contributed by atoms with van der Waals surface area (Å²) in [5, 5.41) is 59.4. The van der Waals surface area contributed by atoms with Crippen molar-refractivity contribution in [2.75, 3.05) is 57.4 Å². The van der Waals surface area contributed by atoms with Gasteiger partial charge < -0.3 is 123 Å². The van der Waals surface area contributed by atoms with Crippen molar-refractivity contribution in [2.45, 2.75) is 202 Å². The Balaban J connectivity index is 1.69. The predicted octanol–water partition coefficient (Wildman–Crippen LogP) is -11.0. The van der Waals surface area contributed by atoms with Crippen LogP contribution in [0.1, 0.15) is 111 Å². The summed E-state index contributed by atoms with van der Waals surface area (Å²) in [6.45, 7) is 2.97. The lowest BCUT2D eigenvalue weighted by atomic mass is 9.97. The highest BCUT2D eigenvalue weighted by atomic mass is 33.1. The van der Waals surface area contributed by atoms with E-state index in [2.05, 4.69) is 68.5 Å². The van der Waals surface area contributed by atoms with Gasteiger partial charge in [-0.3, -0.25) is 86.7 Å². The van der Waals surface area contributed by atoms with Gasteiger partial charge in [0, 0.05) is 44.2 Å². The lowest BCUT2D eigenvalue weighted by molar-refractivity contribution is -0.148. The van der Waals surface area contributed by atoms with Gasteiger partial charge in [-0.15, -0.1) is 0 Å². The number of rotatable bonds is 17. The van der Waals surface area contributed by atoms with E-state index >= 15 is 0 Å². The normalized spacial score (nSPS) is 28.8. The Morgan fingerprint density at radius 1 is 0.466 bits per heavy atom. The maximum absolute atomic E-state index is 14.9. The number of nitrogens with two attached hydrogens (primary N) is 6. The van der Waals surface area contributed by atoms with Gasteiger partial charge in [0.15, 0.2) is 11.9 Å². The molecule has 16 atom stereocenters. The van der Waals surface area contributed by atoms with Crippen LogP contribution in [-0.4, -0.2) is 285 Å². The summed E-state index contributed by atoms with van der Waals surface area (Å²) >= 11 is 0. The zero-order chi connectivity index (χ0) is 76.5. The molecule has 5 rings (SSSR count). The number of nitrogens with zero attached hydrogens (tertiary/aromatic N) is 5. The van der Waals surface area contributed by atoms with Crippen LogP contribution in [0.4, 0.5) is 0 Å². The zero-order valence-electron chi connectivity index (χ0n) is 57.7. The highest BCUT2D eigenvalue weighted by molar-refractivity contribution is 8.76. The van der Waals surface area contributed by atoms with Gasteiger partial charge in [-0.1, -0.05) is 41.9 Å². The van der Waals surface area contributed by atoms with Crippen molar-refractivity contribution in [1.82, 2.24) is 73.2 Å². The highest BCUT2D eigenvalue weighted by Crippen LogP contribution is 2.28. The maximum Gasteiger partial charge on any atom is 0.246 e. The van der Waals surface area contributed by atoms with E-state index in [1.54, 1.807) is 13.8 Å². The number of aliphatic hydroxyl groups excluding tert-OH is 3. The summed E-state index contributed by atoms with van der Waals surface area (Å²) in [6, 6.07) is -21.8. The van der Waals surface area contributed by atoms with E-state index < -0.39 is 229 Å². The standard InChI is InChI=1S/C60H98N22O19S2/c1-5-27(2)43-53(96)75-35-25-102-103-26-36(76-54(97)44(28(3)84)77-42(88)23-69-46(89)32(21-40(61)86)72-51(94)37-13-8-18-80(37)57(100)33(22-41(62)87)73-49(35)92)50(93)79-45(29(4)85)55(98)70-30(11-6-16-67-59(63)64)47(90)74-34(24-83)48(91)71-31(12-7-17-68-60(65)66)56(99)82-20-10-15-39(82)58(101)81-19-9-14-38(81)52(95)78-43/h27-39,43-45,83-85H,5-26H2,1-4H3,(H2,61,86)(H2,62,87)(H,69,89)(H,70,98)(H,71,91)(H,72,94)(H,73,92)(H,74,90)(H,75,96)(H,76,97)(H,77,88)(H,78,95)(H,79,93)(H4,63,64,67)(H4,65,66,68)/t27-,28+,29+,30-,31-,32-,33-,34-,35-,36-,37-,38-,39-,43-,44-,45-/m0/s1. The summed E-state index contributed by atoms with van der Waals surface area (Å²) in [5.74, 6) is -19.7. The Morgan fingerprint density at radius 2 is 0.864 bits per heavy atom. The number of amides is 16. The van der Waals surface area contributed by atoms with Crippen molar-refractivity contribution in [3.63, 3.8) is 0 Å². The first-order valence-electron chi connectivity index (χ1n) is 33.8. The summed E-state index contributed by atoms with van der Waals surface area (Å²) in [7, 11) is 1.46. The minimum atomic E-state index is -2.04. The fourth-order valence-electron chi connectivity index (χ4n) is 12.0. The molecule has 2 bridgehead atoms. The van der Waals surface area contributed by atoms with Crippen LogP contribution in [0, 0.1) is 5.92 Å². The van der Waals surface area contributed by atoms with E-state index in [1.165, 1.54) is 9.80 Å². The number of carbonyl (C=O) groups excluding carboxylic acids is 16. The van der Waals surface area contributed by atoms with Crippen molar-refractivity contribution >= 4 is 128 Å². The summed E-state index contributed by atoms with van der Waals surface area (Å²) in [6.07, 6.45) is -4.88. The van der Waals surface area contributed by atoms with E-state index in [9.17, 15) is 92.0 Å². The van der Waals surface area contributed by atoms with Crippen molar-refractivity contribution in [3.05, 3.63) is 0 Å². The predicted molar refractivity (Wildman–Crippen MR) is 369 cm³/mol. The Hall–Kier alpha value is -9.36. The maximum atomic E-state index is 14.9. The van der Waals surface area contributed by atoms with Gasteiger partial charge in [0.25, 0.3) is 0 Å². The second-order valence-corrected chi connectivity index (χ2v) is 28.1. The van der Waals surface area contributed by atoms with Crippen molar-refractivity contribution < 1.29 is 92.0 Å². The molecule has 5 heterocycles. The molecule has 26 N–H and O–H groups in total. The van der Waals surface area contributed by atoms with Crippen LogP contribution >= 0.6 is 21.6 Å². The fourth-order valence-corrected chi connectivity index (χ4v) is 14.4.